The molecule has 8 rings (SSSR count). The molecule has 4 heterocycles. The number of phenols is 1. The Labute approximate surface area is 218 Å². The third kappa shape index (κ3) is 3.29. The standard InChI is InChI=1S/C23H28O14S/c1-20-8-22(37-38(30)31)13-6-23(20,34-18-16(28)15(27)14(26)12(7-24)33-18)21(13,19(35-20)36-22)9-32-17(29)10-2-4-11(25)5-3-10/h2-5,12-16,18-19,24-28H,6-9H2,1H3,(H,30,31)/t12-,13-,14-,15+,16-,18+,19-,20+,21+,22+,23+/m1/s1. The second kappa shape index (κ2) is 8.62. The van der Waals surface area contributed by atoms with E-state index in [0.717, 1.165) is 0 Å². The van der Waals surface area contributed by atoms with Gasteiger partial charge in [-0.2, -0.15) is 4.21 Å². The SMILES string of the molecule is C[C@@]12C[C@@]3(OS(=O)O)O[C@@H](O1)[C@]1(COC(=O)c4ccc(O)cc4)[C@H]3C[C@@]12O[C@@H]1O[C@H](CO)[C@@H](O)[C@H](O)[C@H]1O. The summed E-state index contributed by atoms with van der Waals surface area (Å²) in [5, 5.41) is 50.2. The molecule has 1 aromatic rings. The van der Waals surface area contributed by atoms with Crippen molar-refractivity contribution in [2.24, 2.45) is 11.3 Å². The van der Waals surface area contributed by atoms with Gasteiger partial charge in [-0.1, -0.05) is 0 Å². The number of hydrogen-bond donors (Lipinski definition) is 6. The summed E-state index contributed by atoms with van der Waals surface area (Å²) in [5.74, 6) is -2.93. The number of benzene rings is 1. The minimum atomic E-state index is -2.69. The lowest BCUT2D eigenvalue weighted by Crippen LogP contribution is -2.81. The number of carbonyl (C=O) groups is 1. The van der Waals surface area contributed by atoms with E-state index in [4.69, 9.17) is 27.9 Å². The van der Waals surface area contributed by atoms with Gasteiger partial charge < -0.3 is 49.2 Å². The number of aromatic hydroxyl groups is 1. The molecule has 0 amide bonds. The number of hydrogen-bond acceptors (Lipinski definition) is 13. The lowest BCUT2D eigenvalue weighted by atomic mass is 9.41. The summed E-state index contributed by atoms with van der Waals surface area (Å²) in [6, 6.07) is 5.41. The molecule has 38 heavy (non-hydrogen) atoms. The molecule has 0 spiro atoms. The van der Waals surface area contributed by atoms with Gasteiger partial charge in [-0.3, -0.25) is 4.55 Å². The first-order chi connectivity index (χ1) is 17.9. The van der Waals surface area contributed by atoms with Crippen molar-refractivity contribution in [1.29, 1.82) is 0 Å². The van der Waals surface area contributed by atoms with Gasteiger partial charge in [0.25, 0.3) is 0 Å². The number of carbonyl (C=O) groups excluding carboxylic acids is 1. The number of phenolic OH excluding ortho intramolecular Hbond substituents is 1. The average molecular weight is 561 g/mol. The van der Waals surface area contributed by atoms with Crippen molar-refractivity contribution in [2.75, 3.05) is 13.2 Å². The molecule has 210 valence electrons. The van der Waals surface area contributed by atoms with E-state index in [9.17, 15) is 39.1 Å². The Balaban J connectivity index is 1.34. The van der Waals surface area contributed by atoms with Crippen molar-refractivity contribution in [3.63, 3.8) is 0 Å². The maximum absolute atomic E-state index is 12.9. The second-order valence-electron chi connectivity index (χ2n) is 10.6. The van der Waals surface area contributed by atoms with Crippen molar-refractivity contribution in [3.05, 3.63) is 29.8 Å². The lowest BCUT2D eigenvalue weighted by molar-refractivity contribution is -0.419. The smallest absolute Gasteiger partial charge is 0.338 e. The Morgan fingerprint density at radius 1 is 1.13 bits per heavy atom. The molecule has 0 radical (unpaired) electrons. The van der Waals surface area contributed by atoms with Gasteiger partial charge in [-0.15, -0.1) is 0 Å². The van der Waals surface area contributed by atoms with Crippen LogP contribution in [0.25, 0.3) is 0 Å². The van der Waals surface area contributed by atoms with E-state index < -0.39 is 89.3 Å². The molecule has 3 saturated carbocycles. The predicted molar refractivity (Wildman–Crippen MR) is 120 cm³/mol. The monoisotopic (exact) mass is 560 g/mol. The van der Waals surface area contributed by atoms with Gasteiger partial charge in [0.1, 0.15) is 48.0 Å². The van der Waals surface area contributed by atoms with Crippen LogP contribution in [-0.2, 0) is 39.2 Å². The van der Waals surface area contributed by atoms with Gasteiger partial charge in [0, 0.05) is 12.3 Å². The highest BCUT2D eigenvalue weighted by Crippen LogP contribution is 2.82. The second-order valence-corrected chi connectivity index (χ2v) is 11.3. The molecular formula is C23H28O14S. The van der Waals surface area contributed by atoms with Crippen LogP contribution in [-0.4, -0.2) is 107 Å². The van der Waals surface area contributed by atoms with Crippen LogP contribution >= 0.6 is 0 Å². The topological polar surface area (TPSA) is 211 Å². The Bertz CT molecular complexity index is 1150. The van der Waals surface area contributed by atoms with Crippen molar-refractivity contribution in [1.82, 2.24) is 0 Å². The fourth-order valence-electron chi connectivity index (χ4n) is 7.09. The molecule has 15 heteroatoms. The molecule has 4 saturated heterocycles. The first-order valence-electron chi connectivity index (χ1n) is 12.0. The number of aliphatic hydroxyl groups is 4. The summed E-state index contributed by atoms with van der Waals surface area (Å²) in [6.07, 6.45) is -8.73. The quantitative estimate of drug-likeness (QED) is 0.158. The van der Waals surface area contributed by atoms with Crippen LogP contribution in [0.4, 0.5) is 0 Å². The third-order valence-corrected chi connectivity index (χ3v) is 9.28. The number of ether oxygens (including phenoxy) is 5. The fraction of sp³-hybridized carbons (Fsp3) is 0.696. The van der Waals surface area contributed by atoms with Crippen LogP contribution in [0.2, 0.25) is 0 Å². The fourth-order valence-corrected chi connectivity index (χ4v) is 7.55. The predicted octanol–water partition coefficient (Wildman–Crippen LogP) is -1.49. The first kappa shape index (κ1) is 26.5. The Morgan fingerprint density at radius 3 is 2.50 bits per heavy atom. The maximum Gasteiger partial charge on any atom is 0.338 e. The van der Waals surface area contributed by atoms with Crippen molar-refractivity contribution in [3.8, 4) is 5.75 Å². The van der Waals surface area contributed by atoms with Crippen LogP contribution in [0, 0.1) is 11.3 Å². The maximum atomic E-state index is 12.9. The number of aliphatic hydroxyl groups excluding tert-OH is 4. The molecule has 14 nitrogen and oxygen atoms in total. The van der Waals surface area contributed by atoms with Crippen LogP contribution in [0.15, 0.2) is 24.3 Å². The van der Waals surface area contributed by atoms with Crippen LogP contribution in [0.3, 0.4) is 0 Å². The highest BCUT2D eigenvalue weighted by Gasteiger charge is 2.95. The highest BCUT2D eigenvalue weighted by molar-refractivity contribution is 7.74. The summed E-state index contributed by atoms with van der Waals surface area (Å²) in [4.78, 5) is 12.9. The summed E-state index contributed by atoms with van der Waals surface area (Å²) < 4.78 is 56.4. The van der Waals surface area contributed by atoms with E-state index in [0.29, 0.717) is 0 Å². The average Bonchev–Trinajstić information content (AvgIpc) is 3.05. The summed E-state index contributed by atoms with van der Waals surface area (Å²) >= 11 is -2.69. The van der Waals surface area contributed by atoms with E-state index in [1.54, 1.807) is 6.92 Å². The molecular weight excluding hydrogens is 532 g/mol. The van der Waals surface area contributed by atoms with Crippen molar-refractivity contribution < 1.29 is 67.0 Å². The van der Waals surface area contributed by atoms with Gasteiger partial charge >= 0.3 is 17.3 Å². The Morgan fingerprint density at radius 2 is 1.84 bits per heavy atom. The van der Waals surface area contributed by atoms with Gasteiger partial charge in [0.2, 0.25) is 0 Å². The van der Waals surface area contributed by atoms with Gasteiger partial charge in [0.05, 0.1) is 17.6 Å². The molecule has 7 fully saturated rings. The number of rotatable bonds is 8. The molecule has 12 atom stereocenters. The molecule has 6 N–H and O–H groups in total. The van der Waals surface area contributed by atoms with E-state index in [1.807, 2.05) is 0 Å². The van der Waals surface area contributed by atoms with Gasteiger partial charge in [0.15, 0.2) is 18.4 Å². The van der Waals surface area contributed by atoms with E-state index in [1.165, 1.54) is 24.3 Å². The minimum Gasteiger partial charge on any atom is -0.508 e. The molecule has 7 aliphatic rings. The summed E-state index contributed by atoms with van der Waals surface area (Å²) in [5.41, 5.74) is -3.71. The Hall–Kier alpha value is -1.76. The molecule has 0 aromatic heterocycles. The van der Waals surface area contributed by atoms with E-state index in [-0.39, 0.29) is 30.8 Å². The zero-order valence-electron chi connectivity index (χ0n) is 20.0. The molecule has 4 aliphatic heterocycles. The molecule has 6 bridgehead atoms. The van der Waals surface area contributed by atoms with Gasteiger partial charge in [-0.05, 0) is 37.6 Å². The van der Waals surface area contributed by atoms with Crippen LogP contribution < -0.4 is 0 Å². The zero-order chi connectivity index (χ0) is 27.3. The van der Waals surface area contributed by atoms with E-state index in [2.05, 4.69) is 0 Å². The van der Waals surface area contributed by atoms with Crippen LogP contribution in [0.5, 0.6) is 5.75 Å². The van der Waals surface area contributed by atoms with Crippen molar-refractivity contribution in [2.45, 2.75) is 73.8 Å². The largest absolute Gasteiger partial charge is 0.508 e. The Kier molecular flexibility index (Phi) is 6.00. The lowest BCUT2D eigenvalue weighted by Gasteiger charge is -2.68. The zero-order valence-corrected chi connectivity index (χ0v) is 20.9. The molecule has 1 aromatic carbocycles. The summed E-state index contributed by atoms with van der Waals surface area (Å²) in [6.45, 7) is 0.677. The van der Waals surface area contributed by atoms with Crippen molar-refractivity contribution >= 4 is 17.3 Å². The van der Waals surface area contributed by atoms with Gasteiger partial charge in [-0.25, -0.2) is 8.98 Å². The van der Waals surface area contributed by atoms with Crippen LogP contribution in [0.1, 0.15) is 30.1 Å². The highest BCUT2D eigenvalue weighted by atomic mass is 32.2. The third-order valence-electron chi connectivity index (χ3n) is 8.85. The normalized spacial score (nSPS) is 49.1. The molecule has 1 unspecified atom stereocenters. The summed E-state index contributed by atoms with van der Waals surface area (Å²) in [7, 11) is 0. The number of esters is 1. The first-order valence-corrected chi connectivity index (χ1v) is 13.1. The minimum absolute atomic E-state index is 0.0363. The molecule has 3 aliphatic carbocycles. The van der Waals surface area contributed by atoms with E-state index >= 15 is 0 Å².